The number of rotatable bonds is 3. The Hall–Kier alpha value is -2.02. The standard InChI is InChI=1S/C20H19ClN4OS/c1-12-8-14(4-6-26-12)25-18(10-19-22-5-7-27-19)24-17-11-23-16-3-2-13(21)9-15(16)20(17)25/h2-3,5,7,9,11-12,14H,4,6,8,10H2,1H3/t12-,14-/m1/s1. The molecule has 7 heteroatoms. The van der Waals surface area contributed by atoms with Gasteiger partial charge in [-0.15, -0.1) is 11.3 Å². The predicted molar refractivity (Wildman–Crippen MR) is 109 cm³/mol. The lowest BCUT2D eigenvalue weighted by Gasteiger charge is -2.30. The summed E-state index contributed by atoms with van der Waals surface area (Å²) in [5, 5.41) is 4.85. The van der Waals surface area contributed by atoms with Gasteiger partial charge in [-0.2, -0.15) is 0 Å². The Morgan fingerprint density at radius 1 is 1.30 bits per heavy atom. The summed E-state index contributed by atoms with van der Waals surface area (Å²) in [6.45, 7) is 2.91. The van der Waals surface area contributed by atoms with Crippen molar-refractivity contribution in [3.63, 3.8) is 0 Å². The molecule has 27 heavy (non-hydrogen) atoms. The highest BCUT2D eigenvalue weighted by Gasteiger charge is 2.26. The molecule has 5 rings (SSSR count). The van der Waals surface area contributed by atoms with Crippen LogP contribution < -0.4 is 0 Å². The van der Waals surface area contributed by atoms with E-state index in [-0.39, 0.29) is 6.10 Å². The van der Waals surface area contributed by atoms with Crippen LogP contribution in [-0.4, -0.2) is 32.2 Å². The van der Waals surface area contributed by atoms with Crippen molar-refractivity contribution in [3.05, 3.63) is 51.8 Å². The molecule has 3 aromatic heterocycles. The number of fused-ring (bicyclic) bond motifs is 3. The number of thiazole rings is 1. The van der Waals surface area contributed by atoms with Crippen LogP contribution in [0.2, 0.25) is 5.02 Å². The molecule has 2 atom stereocenters. The Kier molecular flexibility index (Phi) is 4.34. The van der Waals surface area contributed by atoms with Gasteiger partial charge >= 0.3 is 0 Å². The Labute approximate surface area is 166 Å². The van der Waals surface area contributed by atoms with E-state index >= 15 is 0 Å². The molecule has 0 radical (unpaired) electrons. The smallest absolute Gasteiger partial charge is 0.117 e. The van der Waals surface area contributed by atoms with E-state index in [9.17, 15) is 0 Å². The van der Waals surface area contributed by atoms with Crippen molar-refractivity contribution in [1.82, 2.24) is 19.5 Å². The van der Waals surface area contributed by atoms with Gasteiger partial charge in [-0.3, -0.25) is 4.98 Å². The zero-order valence-corrected chi connectivity index (χ0v) is 16.5. The van der Waals surface area contributed by atoms with Crippen molar-refractivity contribution in [2.24, 2.45) is 0 Å². The monoisotopic (exact) mass is 398 g/mol. The Balaban J connectivity index is 1.76. The predicted octanol–water partition coefficient (Wildman–Crippen LogP) is 5.03. The summed E-state index contributed by atoms with van der Waals surface area (Å²) in [6.07, 6.45) is 6.63. The third kappa shape index (κ3) is 3.12. The molecular formula is C20H19ClN4OS. The van der Waals surface area contributed by atoms with Crippen LogP contribution in [0, 0.1) is 0 Å². The molecule has 0 unspecified atom stereocenters. The van der Waals surface area contributed by atoms with Gasteiger partial charge < -0.3 is 9.30 Å². The van der Waals surface area contributed by atoms with Crippen molar-refractivity contribution in [3.8, 4) is 0 Å². The van der Waals surface area contributed by atoms with Crippen molar-refractivity contribution >= 4 is 44.9 Å². The SMILES string of the molecule is C[C@@H]1C[C@H](n2c(Cc3nccs3)nc3cnc4ccc(Cl)cc4c32)CCO1. The second-order valence-electron chi connectivity index (χ2n) is 7.01. The number of halogens is 1. The van der Waals surface area contributed by atoms with Gasteiger partial charge in [0.05, 0.1) is 34.8 Å². The second-order valence-corrected chi connectivity index (χ2v) is 8.43. The molecule has 138 valence electrons. The fourth-order valence-corrected chi connectivity index (χ4v) is 4.78. The van der Waals surface area contributed by atoms with Gasteiger partial charge in [0.15, 0.2) is 0 Å². The highest BCUT2D eigenvalue weighted by Crippen LogP contribution is 2.35. The maximum absolute atomic E-state index is 6.32. The number of nitrogens with zero attached hydrogens (tertiary/aromatic N) is 4. The van der Waals surface area contributed by atoms with Crippen molar-refractivity contribution in [2.75, 3.05) is 6.61 Å². The van der Waals surface area contributed by atoms with E-state index < -0.39 is 0 Å². The van der Waals surface area contributed by atoms with E-state index in [1.165, 1.54) is 0 Å². The molecular weight excluding hydrogens is 380 g/mol. The quantitative estimate of drug-likeness (QED) is 0.486. The van der Waals surface area contributed by atoms with Crippen LogP contribution in [0.5, 0.6) is 0 Å². The van der Waals surface area contributed by atoms with Gasteiger partial charge in [0.1, 0.15) is 11.3 Å². The van der Waals surface area contributed by atoms with E-state index in [0.717, 1.165) is 58.6 Å². The number of pyridine rings is 1. The van der Waals surface area contributed by atoms with Gasteiger partial charge in [-0.25, -0.2) is 9.97 Å². The lowest BCUT2D eigenvalue weighted by molar-refractivity contribution is 0.00631. The zero-order chi connectivity index (χ0) is 18.4. The zero-order valence-electron chi connectivity index (χ0n) is 14.9. The number of imidazole rings is 1. The van der Waals surface area contributed by atoms with Gasteiger partial charge in [-0.05, 0) is 38.0 Å². The number of hydrogen-bond acceptors (Lipinski definition) is 5. The molecule has 1 aliphatic rings. The number of aromatic nitrogens is 4. The van der Waals surface area contributed by atoms with Crippen molar-refractivity contribution in [1.29, 1.82) is 0 Å². The van der Waals surface area contributed by atoms with Crippen LogP contribution >= 0.6 is 22.9 Å². The lowest BCUT2D eigenvalue weighted by atomic mass is 10.0. The molecule has 0 amide bonds. The number of ether oxygens (including phenoxy) is 1. The first-order valence-corrected chi connectivity index (χ1v) is 10.4. The highest BCUT2D eigenvalue weighted by atomic mass is 35.5. The van der Waals surface area contributed by atoms with Crippen LogP contribution in [-0.2, 0) is 11.2 Å². The summed E-state index contributed by atoms with van der Waals surface area (Å²) in [6, 6.07) is 6.21. The maximum atomic E-state index is 6.32. The average molecular weight is 399 g/mol. The van der Waals surface area contributed by atoms with E-state index in [2.05, 4.69) is 21.5 Å². The summed E-state index contributed by atoms with van der Waals surface area (Å²) in [5.74, 6) is 1.04. The highest BCUT2D eigenvalue weighted by molar-refractivity contribution is 7.09. The van der Waals surface area contributed by atoms with Crippen molar-refractivity contribution in [2.45, 2.75) is 38.3 Å². The van der Waals surface area contributed by atoms with Crippen LogP contribution in [0.4, 0.5) is 0 Å². The topological polar surface area (TPSA) is 52.8 Å². The first-order valence-electron chi connectivity index (χ1n) is 9.14. The molecule has 0 N–H and O–H groups in total. The minimum absolute atomic E-state index is 0.241. The summed E-state index contributed by atoms with van der Waals surface area (Å²) in [5.41, 5.74) is 2.97. The van der Waals surface area contributed by atoms with Crippen LogP contribution in [0.3, 0.4) is 0 Å². The molecule has 1 aliphatic heterocycles. The largest absolute Gasteiger partial charge is 0.378 e. The summed E-state index contributed by atoms with van der Waals surface area (Å²) >= 11 is 7.98. The summed E-state index contributed by atoms with van der Waals surface area (Å²) < 4.78 is 8.19. The average Bonchev–Trinajstić information content (AvgIpc) is 3.29. The molecule has 1 fully saturated rings. The van der Waals surface area contributed by atoms with Crippen LogP contribution in [0.15, 0.2) is 36.0 Å². The molecule has 5 nitrogen and oxygen atoms in total. The van der Waals surface area contributed by atoms with Gasteiger partial charge in [0.2, 0.25) is 0 Å². The van der Waals surface area contributed by atoms with Crippen molar-refractivity contribution < 1.29 is 4.74 Å². The Bertz CT molecular complexity index is 1110. The first-order chi connectivity index (χ1) is 13.2. The molecule has 4 aromatic rings. The molecule has 4 heterocycles. The van der Waals surface area contributed by atoms with E-state index in [1.54, 1.807) is 11.3 Å². The third-order valence-corrected chi connectivity index (χ3v) is 6.18. The molecule has 0 aliphatic carbocycles. The second kappa shape index (κ2) is 6.86. The lowest BCUT2D eigenvalue weighted by Crippen LogP contribution is -2.26. The van der Waals surface area contributed by atoms with Crippen LogP contribution in [0.1, 0.15) is 36.6 Å². The minimum atomic E-state index is 0.241. The fraction of sp³-hybridized carbons (Fsp3) is 0.350. The summed E-state index contributed by atoms with van der Waals surface area (Å²) in [4.78, 5) is 14.0. The molecule has 1 saturated heterocycles. The Morgan fingerprint density at radius 3 is 3.04 bits per heavy atom. The number of hydrogen-bond donors (Lipinski definition) is 0. The van der Waals surface area contributed by atoms with E-state index in [1.807, 2.05) is 36.0 Å². The van der Waals surface area contributed by atoms with Crippen LogP contribution in [0.25, 0.3) is 21.9 Å². The molecule has 1 aromatic carbocycles. The van der Waals surface area contributed by atoms with Gasteiger partial charge in [-0.1, -0.05) is 11.6 Å². The van der Waals surface area contributed by atoms with Gasteiger partial charge in [0, 0.05) is 34.6 Å². The molecule has 0 bridgehead atoms. The first kappa shape index (κ1) is 17.1. The third-order valence-electron chi connectivity index (χ3n) is 5.17. The molecule has 0 spiro atoms. The molecule has 0 saturated carbocycles. The van der Waals surface area contributed by atoms with E-state index in [4.69, 9.17) is 21.3 Å². The van der Waals surface area contributed by atoms with E-state index in [0.29, 0.717) is 11.1 Å². The minimum Gasteiger partial charge on any atom is -0.378 e. The Morgan fingerprint density at radius 2 is 2.22 bits per heavy atom. The maximum Gasteiger partial charge on any atom is 0.117 e. The fourth-order valence-electron chi connectivity index (χ4n) is 4.00. The summed E-state index contributed by atoms with van der Waals surface area (Å²) in [7, 11) is 0. The normalized spacial score (nSPS) is 20.5. The number of benzene rings is 1. The van der Waals surface area contributed by atoms with Gasteiger partial charge in [0.25, 0.3) is 0 Å².